The van der Waals surface area contributed by atoms with Crippen molar-refractivity contribution in [3.63, 3.8) is 0 Å². The van der Waals surface area contributed by atoms with Crippen LogP contribution in [0.1, 0.15) is 15.9 Å². The minimum Gasteiger partial charge on any atom is -0.457 e. The van der Waals surface area contributed by atoms with E-state index in [2.05, 4.69) is 4.98 Å². The van der Waals surface area contributed by atoms with Crippen LogP contribution in [0.25, 0.3) is 22.4 Å². The molecule has 0 fully saturated rings. The van der Waals surface area contributed by atoms with Crippen LogP contribution in [-0.4, -0.2) is 11.0 Å². The minimum absolute atomic E-state index is 0.195. The lowest BCUT2D eigenvalue weighted by molar-refractivity contribution is 0.0535. The van der Waals surface area contributed by atoms with Crippen LogP contribution in [0.5, 0.6) is 0 Å². The van der Waals surface area contributed by atoms with E-state index in [0.29, 0.717) is 5.56 Å². The van der Waals surface area contributed by atoms with E-state index in [1.807, 2.05) is 60.7 Å². The highest BCUT2D eigenvalue weighted by atomic mass is 35.5. The molecule has 112 valence electrons. The molecule has 0 N–H and O–H groups in total. The van der Waals surface area contributed by atoms with Crippen molar-refractivity contribution in [2.24, 2.45) is 0 Å². The number of hydrogen-bond donors (Lipinski definition) is 0. The summed E-state index contributed by atoms with van der Waals surface area (Å²) in [4.78, 5) is 16.5. The van der Waals surface area contributed by atoms with Gasteiger partial charge in [0.2, 0.25) is 0 Å². The van der Waals surface area contributed by atoms with E-state index in [1.54, 1.807) is 0 Å². The van der Waals surface area contributed by atoms with Gasteiger partial charge in [0.25, 0.3) is 0 Å². The number of aromatic nitrogens is 1. The van der Waals surface area contributed by atoms with Crippen LogP contribution in [0, 0.1) is 0 Å². The number of pyridine rings is 1. The molecule has 3 nitrogen and oxygen atoms in total. The lowest BCUT2D eigenvalue weighted by Gasteiger charge is -2.14. The fraction of sp³-hybridized carbons (Fsp3) is 0.0526. The van der Waals surface area contributed by atoms with Gasteiger partial charge >= 0.3 is 5.97 Å². The quantitative estimate of drug-likeness (QED) is 0.505. The first-order chi connectivity index (χ1) is 11.3. The zero-order chi connectivity index (χ0) is 15.8. The van der Waals surface area contributed by atoms with Crippen molar-refractivity contribution >= 4 is 17.6 Å². The molecule has 1 aromatic heterocycles. The van der Waals surface area contributed by atoms with Crippen molar-refractivity contribution < 1.29 is 9.53 Å². The molecule has 1 aliphatic heterocycles. The van der Waals surface area contributed by atoms with E-state index in [4.69, 9.17) is 16.3 Å². The highest BCUT2D eigenvalue weighted by Crippen LogP contribution is 2.40. The number of fused-ring (bicyclic) bond motifs is 1. The molecule has 0 aliphatic carbocycles. The standard InChI is InChI=1S/C19H12ClNO2/c20-18-16-14(11-23-19(16)22)15(12-7-3-1-4-8-12)17(21-18)13-9-5-2-6-10-13/h1-10H,11H2. The molecule has 0 saturated heterocycles. The highest BCUT2D eigenvalue weighted by molar-refractivity contribution is 6.33. The molecule has 0 amide bonds. The summed E-state index contributed by atoms with van der Waals surface area (Å²) in [6.07, 6.45) is 0. The van der Waals surface area contributed by atoms with E-state index in [9.17, 15) is 4.79 Å². The van der Waals surface area contributed by atoms with Crippen LogP contribution in [0.2, 0.25) is 5.15 Å². The van der Waals surface area contributed by atoms with Gasteiger partial charge in [-0.25, -0.2) is 9.78 Å². The van der Waals surface area contributed by atoms with E-state index in [1.165, 1.54) is 0 Å². The third kappa shape index (κ3) is 2.30. The zero-order valence-corrected chi connectivity index (χ0v) is 12.9. The number of nitrogens with zero attached hydrogens (tertiary/aromatic N) is 1. The molecule has 0 atom stereocenters. The van der Waals surface area contributed by atoms with E-state index in [-0.39, 0.29) is 11.8 Å². The topological polar surface area (TPSA) is 39.2 Å². The normalized spacial score (nSPS) is 12.8. The van der Waals surface area contributed by atoms with Crippen molar-refractivity contribution in [3.05, 3.63) is 76.9 Å². The predicted molar refractivity (Wildman–Crippen MR) is 89.2 cm³/mol. The van der Waals surface area contributed by atoms with Gasteiger partial charge in [-0.3, -0.25) is 0 Å². The molecule has 0 bridgehead atoms. The second-order valence-electron chi connectivity index (χ2n) is 5.29. The van der Waals surface area contributed by atoms with Crippen molar-refractivity contribution in [1.82, 2.24) is 4.98 Å². The molecule has 0 spiro atoms. The molecule has 4 rings (SSSR count). The van der Waals surface area contributed by atoms with Gasteiger partial charge in [0.15, 0.2) is 0 Å². The van der Waals surface area contributed by atoms with Crippen molar-refractivity contribution in [1.29, 1.82) is 0 Å². The largest absolute Gasteiger partial charge is 0.457 e. The number of carbonyl (C=O) groups excluding carboxylic acids is 1. The number of benzene rings is 2. The van der Waals surface area contributed by atoms with Gasteiger partial charge in [-0.15, -0.1) is 0 Å². The number of esters is 1. The Balaban J connectivity index is 2.07. The summed E-state index contributed by atoms with van der Waals surface area (Å²) in [6, 6.07) is 19.7. The molecule has 1 aliphatic rings. The van der Waals surface area contributed by atoms with Gasteiger partial charge < -0.3 is 4.74 Å². The minimum atomic E-state index is -0.408. The number of carbonyl (C=O) groups is 1. The fourth-order valence-electron chi connectivity index (χ4n) is 2.88. The summed E-state index contributed by atoms with van der Waals surface area (Å²) in [5, 5.41) is 0.195. The molecule has 0 radical (unpaired) electrons. The first-order valence-corrected chi connectivity index (χ1v) is 7.64. The maximum atomic E-state index is 12.0. The number of hydrogen-bond acceptors (Lipinski definition) is 3. The first kappa shape index (κ1) is 14.0. The van der Waals surface area contributed by atoms with Gasteiger partial charge in [-0.1, -0.05) is 72.3 Å². The maximum Gasteiger partial charge on any atom is 0.342 e. The van der Waals surface area contributed by atoms with Crippen LogP contribution in [0.3, 0.4) is 0 Å². The predicted octanol–water partition coefficient (Wildman–Crippen LogP) is 4.74. The van der Waals surface area contributed by atoms with Gasteiger partial charge in [-0.05, 0) is 5.56 Å². The third-order valence-corrected chi connectivity index (χ3v) is 4.19. The van der Waals surface area contributed by atoms with Crippen molar-refractivity contribution in [2.75, 3.05) is 0 Å². The SMILES string of the molecule is O=C1OCc2c1c(Cl)nc(-c1ccccc1)c2-c1ccccc1. The summed E-state index contributed by atoms with van der Waals surface area (Å²) < 4.78 is 5.19. The molecule has 4 heteroatoms. The van der Waals surface area contributed by atoms with E-state index < -0.39 is 5.97 Å². The maximum absolute atomic E-state index is 12.0. The van der Waals surface area contributed by atoms with Crippen LogP contribution < -0.4 is 0 Å². The van der Waals surface area contributed by atoms with Gasteiger partial charge in [0, 0.05) is 16.7 Å². The number of halogens is 1. The van der Waals surface area contributed by atoms with Crippen LogP contribution in [0.15, 0.2) is 60.7 Å². The number of rotatable bonds is 2. The molecule has 2 heterocycles. The lowest BCUT2D eigenvalue weighted by Crippen LogP contribution is -2.01. The number of ether oxygens (including phenoxy) is 1. The molecular weight excluding hydrogens is 310 g/mol. The first-order valence-electron chi connectivity index (χ1n) is 7.26. The second-order valence-corrected chi connectivity index (χ2v) is 5.65. The second kappa shape index (κ2) is 5.52. The summed E-state index contributed by atoms with van der Waals surface area (Å²) in [5.74, 6) is -0.408. The zero-order valence-electron chi connectivity index (χ0n) is 12.1. The monoisotopic (exact) mass is 321 g/mol. The van der Waals surface area contributed by atoms with Crippen LogP contribution >= 0.6 is 11.6 Å². The fourth-order valence-corrected chi connectivity index (χ4v) is 3.16. The molecule has 0 unspecified atom stereocenters. The molecule has 2 aromatic carbocycles. The Kier molecular flexibility index (Phi) is 3.36. The Morgan fingerprint density at radius 1 is 0.870 bits per heavy atom. The summed E-state index contributed by atoms with van der Waals surface area (Å²) in [7, 11) is 0. The Labute approximate surface area is 138 Å². The number of cyclic esters (lactones) is 1. The van der Waals surface area contributed by atoms with E-state index in [0.717, 1.165) is 27.9 Å². The lowest BCUT2D eigenvalue weighted by atomic mass is 9.93. The summed E-state index contributed by atoms with van der Waals surface area (Å²) in [6.45, 7) is 0.223. The smallest absolute Gasteiger partial charge is 0.342 e. The van der Waals surface area contributed by atoms with Gasteiger partial charge in [-0.2, -0.15) is 0 Å². The molecule has 0 saturated carbocycles. The highest BCUT2D eigenvalue weighted by Gasteiger charge is 2.31. The van der Waals surface area contributed by atoms with E-state index >= 15 is 0 Å². The summed E-state index contributed by atoms with van der Waals surface area (Å²) in [5.41, 5.74) is 4.80. The third-order valence-electron chi connectivity index (χ3n) is 3.92. The summed E-state index contributed by atoms with van der Waals surface area (Å²) >= 11 is 6.27. The Hall–Kier alpha value is -2.65. The van der Waals surface area contributed by atoms with Gasteiger partial charge in [0.05, 0.1) is 5.69 Å². The average Bonchev–Trinajstić information content (AvgIpc) is 2.99. The molecular formula is C19H12ClNO2. The average molecular weight is 322 g/mol. The Morgan fingerprint density at radius 2 is 1.48 bits per heavy atom. The van der Waals surface area contributed by atoms with Crippen LogP contribution in [-0.2, 0) is 11.3 Å². The Bertz CT molecular complexity index is 892. The van der Waals surface area contributed by atoms with Crippen molar-refractivity contribution in [3.8, 4) is 22.4 Å². The molecule has 23 heavy (non-hydrogen) atoms. The van der Waals surface area contributed by atoms with Crippen molar-refractivity contribution in [2.45, 2.75) is 6.61 Å². The van der Waals surface area contributed by atoms with Gasteiger partial charge in [0.1, 0.15) is 17.3 Å². The Morgan fingerprint density at radius 3 is 2.13 bits per heavy atom. The molecule has 3 aromatic rings. The van der Waals surface area contributed by atoms with Crippen LogP contribution in [0.4, 0.5) is 0 Å².